The molecule has 2 heterocycles. The zero-order chi connectivity index (χ0) is 11.0. The number of benzene rings is 1. The summed E-state index contributed by atoms with van der Waals surface area (Å²) in [5, 5.41) is 14.6. The van der Waals surface area contributed by atoms with Crippen molar-refractivity contribution in [1.29, 1.82) is 0 Å². The molecule has 16 heavy (non-hydrogen) atoms. The maximum Gasteiger partial charge on any atom is 0.143 e. The van der Waals surface area contributed by atoms with Crippen LogP contribution in [0.5, 0.6) is 0 Å². The number of hydrogen-bond acceptors (Lipinski definition) is 4. The maximum absolute atomic E-state index is 3.89. The van der Waals surface area contributed by atoms with Gasteiger partial charge >= 0.3 is 0 Å². The molecule has 0 radical (unpaired) electrons. The summed E-state index contributed by atoms with van der Waals surface area (Å²) in [6.45, 7) is 3.31. The molecule has 1 N–H and O–H groups in total. The lowest BCUT2D eigenvalue weighted by molar-refractivity contribution is 0.237. The van der Waals surface area contributed by atoms with E-state index in [0.29, 0.717) is 0 Å². The SMILES string of the molecule is CC1(c2cccc(-n3cnnn3)c2)CCN1. The lowest BCUT2D eigenvalue weighted by atomic mass is 9.83. The second-order valence-corrected chi connectivity index (χ2v) is 4.31. The Balaban J connectivity index is 2.00. The highest BCUT2D eigenvalue weighted by Crippen LogP contribution is 2.31. The molecule has 0 saturated carbocycles. The predicted molar refractivity (Wildman–Crippen MR) is 59.1 cm³/mol. The fourth-order valence-corrected chi connectivity index (χ4v) is 2.02. The van der Waals surface area contributed by atoms with Crippen molar-refractivity contribution in [2.45, 2.75) is 18.9 Å². The lowest BCUT2D eigenvalue weighted by Gasteiger charge is -2.40. The van der Waals surface area contributed by atoms with E-state index in [-0.39, 0.29) is 5.54 Å². The van der Waals surface area contributed by atoms with E-state index in [0.717, 1.165) is 12.2 Å². The molecule has 1 aliphatic rings. The molecule has 5 heteroatoms. The Labute approximate surface area is 93.5 Å². The third-order valence-corrected chi connectivity index (χ3v) is 3.24. The largest absolute Gasteiger partial charge is 0.307 e. The summed E-state index contributed by atoms with van der Waals surface area (Å²) in [7, 11) is 0. The fraction of sp³-hybridized carbons (Fsp3) is 0.364. The van der Waals surface area contributed by atoms with Crippen LogP contribution in [0.4, 0.5) is 0 Å². The Morgan fingerprint density at radius 2 is 2.31 bits per heavy atom. The molecule has 0 aliphatic carbocycles. The number of rotatable bonds is 2. The van der Waals surface area contributed by atoms with E-state index in [1.54, 1.807) is 11.0 Å². The smallest absolute Gasteiger partial charge is 0.143 e. The molecule has 82 valence electrons. The zero-order valence-corrected chi connectivity index (χ0v) is 9.09. The van der Waals surface area contributed by atoms with Crippen LogP contribution in [0.25, 0.3) is 5.69 Å². The van der Waals surface area contributed by atoms with E-state index < -0.39 is 0 Å². The second-order valence-electron chi connectivity index (χ2n) is 4.31. The molecular formula is C11H13N5. The van der Waals surface area contributed by atoms with Crippen LogP contribution in [-0.4, -0.2) is 26.8 Å². The van der Waals surface area contributed by atoms with Crippen molar-refractivity contribution in [2.24, 2.45) is 0 Å². The first kappa shape index (κ1) is 9.47. The van der Waals surface area contributed by atoms with Crippen LogP contribution < -0.4 is 5.32 Å². The van der Waals surface area contributed by atoms with E-state index in [1.807, 2.05) is 12.1 Å². The molecule has 1 aromatic carbocycles. The molecule has 1 unspecified atom stereocenters. The highest BCUT2D eigenvalue weighted by molar-refractivity contribution is 5.38. The predicted octanol–water partition coefficient (Wildman–Crippen LogP) is 0.871. The van der Waals surface area contributed by atoms with Crippen molar-refractivity contribution in [3.05, 3.63) is 36.2 Å². The van der Waals surface area contributed by atoms with Gasteiger partial charge in [-0.1, -0.05) is 12.1 Å². The minimum atomic E-state index is 0.115. The molecule has 1 aromatic heterocycles. The fourth-order valence-electron chi connectivity index (χ4n) is 2.02. The van der Waals surface area contributed by atoms with Crippen LogP contribution in [0.2, 0.25) is 0 Å². The third kappa shape index (κ3) is 1.40. The molecule has 0 bridgehead atoms. The molecule has 0 spiro atoms. The Morgan fingerprint density at radius 3 is 2.94 bits per heavy atom. The number of aromatic nitrogens is 4. The van der Waals surface area contributed by atoms with Crippen LogP contribution in [0, 0.1) is 0 Å². The van der Waals surface area contributed by atoms with Crippen LogP contribution >= 0.6 is 0 Å². The summed E-state index contributed by atoms with van der Waals surface area (Å²) < 4.78 is 1.67. The summed E-state index contributed by atoms with van der Waals surface area (Å²) in [5.41, 5.74) is 2.40. The van der Waals surface area contributed by atoms with Gasteiger partial charge in [0.2, 0.25) is 0 Å². The summed E-state index contributed by atoms with van der Waals surface area (Å²) >= 11 is 0. The quantitative estimate of drug-likeness (QED) is 0.807. The van der Waals surface area contributed by atoms with Gasteiger partial charge in [-0.3, -0.25) is 0 Å². The third-order valence-electron chi connectivity index (χ3n) is 3.24. The van der Waals surface area contributed by atoms with Crippen LogP contribution in [-0.2, 0) is 5.54 Å². The summed E-state index contributed by atoms with van der Waals surface area (Å²) in [6.07, 6.45) is 2.78. The van der Waals surface area contributed by atoms with Gasteiger partial charge in [-0.15, -0.1) is 5.10 Å². The minimum Gasteiger partial charge on any atom is -0.307 e. The van der Waals surface area contributed by atoms with Crippen LogP contribution in [0.3, 0.4) is 0 Å². The molecule has 3 rings (SSSR count). The van der Waals surface area contributed by atoms with Gasteiger partial charge in [0, 0.05) is 5.54 Å². The summed E-state index contributed by atoms with van der Waals surface area (Å²) in [5.74, 6) is 0. The van der Waals surface area contributed by atoms with Gasteiger partial charge in [-0.25, -0.2) is 4.68 Å². The Morgan fingerprint density at radius 1 is 1.44 bits per heavy atom. The second kappa shape index (κ2) is 3.38. The molecule has 5 nitrogen and oxygen atoms in total. The normalized spacial score (nSPS) is 24.1. The van der Waals surface area contributed by atoms with Gasteiger partial charge in [0.15, 0.2) is 0 Å². The van der Waals surface area contributed by atoms with Gasteiger partial charge in [-0.2, -0.15) is 0 Å². The van der Waals surface area contributed by atoms with Crippen LogP contribution in [0.15, 0.2) is 30.6 Å². The molecular weight excluding hydrogens is 202 g/mol. The van der Waals surface area contributed by atoms with E-state index in [4.69, 9.17) is 0 Å². The van der Waals surface area contributed by atoms with E-state index in [9.17, 15) is 0 Å². The monoisotopic (exact) mass is 215 g/mol. The average molecular weight is 215 g/mol. The first-order valence-electron chi connectivity index (χ1n) is 5.37. The number of nitrogens with zero attached hydrogens (tertiary/aromatic N) is 4. The molecule has 1 atom stereocenters. The van der Waals surface area contributed by atoms with E-state index >= 15 is 0 Å². The summed E-state index contributed by atoms with van der Waals surface area (Å²) in [4.78, 5) is 0. The summed E-state index contributed by atoms with van der Waals surface area (Å²) in [6, 6.07) is 8.31. The standard InChI is InChI=1S/C11H13N5/c1-11(5-6-12-11)9-3-2-4-10(7-9)16-8-13-14-15-16/h2-4,7-8,12H,5-6H2,1H3. The molecule has 1 aliphatic heterocycles. The van der Waals surface area contributed by atoms with Crippen LogP contribution in [0.1, 0.15) is 18.9 Å². The van der Waals surface area contributed by atoms with Gasteiger partial charge in [0.25, 0.3) is 0 Å². The highest BCUT2D eigenvalue weighted by atomic mass is 15.5. The van der Waals surface area contributed by atoms with Crippen molar-refractivity contribution in [1.82, 2.24) is 25.5 Å². The molecule has 1 saturated heterocycles. The maximum atomic E-state index is 3.89. The van der Waals surface area contributed by atoms with Crippen molar-refractivity contribution in [3.63, 3.8) is 0 Å². The van der Waals surface area contributed by atoms with Crippen molar-refractivity contribution < 1.29 is 0 Å². The van der Waals surface area contributed by atoms with Crippen molar-refractivity contribution >= 4 is 0 Å². The minimum absolute atomic E-state index is 0.115. The first-order chi connectivity index (χ1) is 7.78. The van der Waals surface area contributed by atoms with Crippen molar-refractivity contribution in [3.8, 4) is 5.69 Å². The zero-order valence-electron chi connectivity index (χ0n) is 9.09. The molecule has 2 aromatic rings. The number of tetrazole rings is 1. The molecule has 0 amide bonds. The number of hydrogen-bond donors (Lipinski definition) is 1. The number of nitrogens with one attached hydrogen (secondary N) is 1. The van der Waals surface area contributed by atoms with E-state index in [2.05, 4.69) is 39.9 Å². The highest BCUT2D eigenvalue weighted by Gasteiger charge is 2.32. The van der Waals surface area contributed by atoms with Crippen molar-refractivity contribution in [2.75, 3.05) is 6.54 Å². The topological polar surface area (TPSA) is 55.6 Å². The Kier molecular flexibility index (Phi) is 2.00. The Hall–Kier alpha value is -1.75. The average Bonchev–Trinajstić information content (AvgIpc) is 2.79. The molecule has 1 fully saturated rings. The van der Waals surface area contributed by atoms with E-state index in [1.165, 1.54) is 12.0 Å². The van der Waals surface area contributed by atoms with Gasteiger partial charge in [-0.05, 0) is 48.0 Å². The lowest BCUT2D eigenvalue weighted by Crippen LogP contribution is -2.51. The van der Waals surface area contributed by atoms with Gasteiger partial charge < -0.3 is 5.32 Å². The first-order valence-corrected chi connectivity index (χ1v) is 5.37. The van der Waals surface area contributed by atoms with Gasteiger partial charge in [0.1, 0.15) is 6.33 Å². The Bertz CT molecular complexity index is 487. The van der Waals surface area contributed by atoms with Gasteiger partial charge in [0.05, 0.1) is 5.69 Å².